The number of carbonyl (C=O) groups is 2. The van der Waals surface area contributed by atoms with E-state index in [0.717, 1.165) is 5.56 Å². The smallest absolute Gasteiger partial charge is 0.338 e. The Bertz CT molecular complexity index is 840. The van der Waals surface area contributed by atoms with E-state index in [9.17, 15) is 14.0 Å². The lowest BCUT2D eigenvalue weighted by atomic mass is 10.2. The molecule has 0 unspecified atom stereocenters. The van der Waals surface area contributed by atoms with Crippen molar-refractivity contribution in [1.82, 2.24) is 4.90 Å². The van der Waals surface area contributed by atoms with Gasteiger partial charge in [0.05, 0.1) is 10.6 Å². The molecule has 0 saturated carbocycles. The second-order valence-corrected chi connectivity index (χ2v) is 6.05. The maximum Gasteiger partial charge on any atom is 0.338 e. The maximum atomic E-state index is 12.9. The zero-order valence-electron chi connectivity index (χ0n) is 13.8. The molecule has 2 aromatic carbocycles. The maximum absolute atomic E-state index is 12.9. The van der Waals surface area contributed by atoms with Gasteiger partial charge in [0, 0.05) is 13.6 Å². The Balaban J connectivity index is 1.56. The minimum atomic E-state index is -0.700. The minimum absolute atomic E-state index is 0.0280. The average Bonchev–Trinajstić information content (AvgIpc) is 3.10. The zero-order chi connectivity index (χ0) is 18.7. The monoisotopic (exact) mass is 379 g/mol. The summed E-state index contributed by atoms with van der Waals surface area (Å²) in [5.41, 5.74) is 0.921. The van der Waals surface area contributed by atoms with Gasteiger partial charge in [0.15, 0.2) is 18.1 Å². The molecule has 0 atom stereocenters. The van der Waals surface area contributed by atoms with Crippen LogP contribution >= 0.6 is 11.6 Å². The van der Waals surface area contributed by atoms with Gasteiger partial charge in [-0.05, 0) is 29.8 Å². The highest BCUT2D eigenvalue weighted by molar-refractivity contribution is 6.32. The average molecular weight is 380 g/mol. The molecule has 0 saturated heterocycles. The summed E-state index contributed by atoms with van der Waals surface area (Å²) in [5, 5.41) is 0.228. The zero-order valence-corrected chi connectivity index (χ0v) is 14.6. The predicted octanol–water partition coefficient (Wildman–Crippen LogP) is 3.02. The molecule has 6 nitrogen and oxygen atoms in total. The summed E-state index contributed by atoms with van der Waals surface area (Å²) < 4.78 is 28.3. The Labute approximate surface area is 154 Å². The van der Waals surface area contributed by atoms with Gasteiger partial charge in [-0.3, -0.25) is 4.79 Å². The van der Waals surface area contributed by atoms with Crippen LogP contribution in [0.25, 0.3) is 0 Å². The van der Waals surface area contributed by atoms with Gasteiger partial charge in [-0.25, -0.2) is 9.18 Å². The molecule has 1 heterocycles. The summed E-state index contributed by atoms with van der Waals surface area (Å²) >= 11 is 6.02. The van der Waals surface area contributed by atoms with Crippen LogP contribution in [0.15, 0.2) is 36.4 Å². The number of hydrogen-bond acceptors (Lipinski definition) is 5. The topological polar surface area (TPSA) is 65.1 Å². The van der Waals surface area contributed by atoms with Crippen molar-refractivity contribution in [2.24, 2.45) is 0 Å². The summed E-state index contributed by atoms with van der Waals surface area (Å²) in [6, 6.07) is 8.64. The van der Waals surface area contributed by atoms with E-state index in [4.69, 9.17) is 25.8 Å². The highest BCUT2D eigenvalue weighted by Gasteiger charge is 2.22. The van der Waals surface area contributed by atoms with E-state index in [-0.39, 0.29) is 29.7 Å². The number of nitrogens with zero attached hydrogens (tertiary/aromatic N) is 1. The molecule has 0 N–H and O–H groups in total. The van der Waals surface area contributed by atoms with Crippen molar-refractivity contribution in [2.45, 2.75) is 6.54 Å². The van der Waals surface area contributed by atoms with Crippen molar-refractivity contribution in [3.63, 3.8) is 0 Å². The van der Waals surface area contributed by atoms with Crippen molar-refractivity contribution < 1.29 is 28.2 Å². The number of esters is 1. The number of carbonyl (C=O) groups excluding carboxylic acids is 2. The number of hydrogen-bond donors (Lipinski definition) is 0. The van der Waals surface area contributed by atoms with E-state index in [0.29, 0.717) is 11.5 Å². The van der Waals surface area contributed by atoms with E-state index >= 15 is 0 Å². The van der Waals surface area contributed by atoms with E-state index in [1.165, 1.54) is 29.2 Å². The molecular formula is C18H15ClFNO5. The third kappa shape index (κ3) is 4.05. The van der Waals surface area contributed by atoms with Crippen LogP contribution in [0.5, 0.6) is 11.5 Å². The first-order chi connectivity index (χ1) is 12.4. The van der Waals surface area contributed by atoms with Gasteiger partial charge in [-0.1, -0.05) is 23.7 Å². The van der Waals surface area contributed by atoms with Gasteiger partial charge in [0.25, 0.3) is 5.91 Å². The Hall–Kier alpha value is -2.80. The Morgan fingerprint density at radius 3 is 2.69 bits per heavy atom. The number of likely N-dealkylation sites (N-methyl/N-ethyl adjacent to an activating group) is 1. The molecule has 1 aliphatic rings. The van der Waals surface area contributed by atoms with Gasteiger partial charge >= 0.3 is 5.97 Å². The number of amides is 1. The lowest BCUT2D eigenvalue weighted by Crippen LogP contribution is -2.30. The van der Waals surface area contributed by atoms with E-state index in [1.807, 2.05) is 0 Å². The van der Waals surface area contributed by atoms with Gasteiger partial charge in [0.2, 0.25) is 6.79 Å². The SMILES string of the molecule is CN(Cc1ccc(F)cc1)C(=O)COC(=O)c1cc(Cl)c2c(c1)OCO2. The van der Waals surface area contributed by atoms with Crippen LogP contribution in [-0.4, -0.2) is 37.2 Å². The fourth-order valence-electron chi connectivity index (χ4n) is 2.36. The van der Waals surface area contributed by atoms with Gasteiger partial charge < -0.3 is 19.1 Å². The fraction of sp³-hybridized carbons (Fsp3) is 0.222. The van der Waals surface area contributed by atoms with Crippen LogP contribution in [0.4, 0.5) is 4.39 Å². The summed E-state index contributed by atoms with van der Waals surface area (Å²) in [7, 11) is 1.57. The van der Waals surface area contributed by atoms with Crippen LogP contribution in [0.1, 0.15) is 15.9 Å². The summed E-state index contributed by atoms with van der Waals surface area (Å²) in [6.07, 6.45) is 0. The first kappa shape index (κ1) is 18.0. The molecule has 1 aliphatic heterocycles. The van der Waals surface area contributed by atoms with Crippen molar-refractivity contribution in [3.05, 3.63) is 58.4 Å². The number of fused-ring (bicyclic) bond motifs is 1. The Morgan fingerprint density at radius 1 is 1.23 bits per heavy atom. The lowest BCUT2D eigenvalue weighted by Gasteiger charge is -2.17. The van der Waals surface area contributed by atoms with Crippen LogP contribution in [-0.2, 0) is 16.1 Å². The first-order valence-corrected chi connectivity index (χ1v) is 8.06. The molecule has 0 radical (unpaired) electrons. The van der Waals surface area contributed by atoms with Gasteiger partial charge in [-0.15, -0.1) is 0 Å². The van der Waals surface area contributed by atoms with E-state index in [1.54, 1.807) is 19.2 Å². The summed E-state index contributed by atoms with van der Waals surface area (Å²) in [6.45, 7) is -0.130. The number of halogens is 2. The van der Waals surface area contributed by atoms with E-state index in [2.05, 4.69) is 0 Å². The molecule has 3 rings (SSSR count). The number of ether oxygens (including phenoxy) is 3. The predicted molar refractivity (Wildman–Crippen MR) is 90.7 cm³/mol. The van der Waals surface area contributed by atoms with Crippen LogP contribution in [0, 0.1) is 5.82 Å². The highest BCUT2D eigenvalue weighted by Crippen LogP contribution is 2.39. The molecule has 0 aliphatic carbocycles. The number of benzene rings is 2. The molecule has 1 amide bonds. The Kier molecular flexibility index (Phi) is 5.27. The first-order valence-electron chi connectivity index (χ1n) is 7.68. The normalized spacial score (nSPS) is 12.0. The largest absolute Gasteiger partial charge is 0.454 e. The van der Waals surface area contributed by atoms with Gasteiger partial charge in [-0.2, -0.15) is 0 Å². The molecular weight excluding hydrogens is 365 g/mol. The lowest BCUT2D eigenvalue weighted by molar-refractivity contribution is -0.133. The molecule has 0 fully saturated rings. The van der Waals surface area contributed by atoms with Crippen LogP contribution < -0.4 is 9.47 Å². The summed E-state index contributed by atoms with van der Waals surface area (Å²) in [4.78, 5) is 25.6. The van der Waals surface area contributed by atoms with Crippen molar-refractivity contribution >= 4 is 23.5 Å². The Morgan fingerprint density at radius 2 is 1.96 bits per heavy atom. The van der Waals surface area contributed by atoms with Crippen molar-refractivity contribution in [3.8, 4) is 11.5 Å². The third-order valence-electron chi connectivity index (χ3n) is 3.75. The molecule has 0 aromatic heterocycles. The molecule has 26 heavy (non-hydrogen) atoms. The molecule has 0 bridgehead atoms. The van der Waals surface area contributed by atoms with Crippen LogP contribution in [0.2, 0.25) is 5.02 Å². The molecule has 8 heteroatoms. The fourth-order valence-corrected chi connectivity index (χ4v) is 2.62. The molecule has 2 aromatic rings. The quantitative estimate of drug-likeness (QED) is 0.747. The number of rotatable bonds is 5. The van der Waals surface area contributed by atoms with E-state index < -0.39 is 18.5 Å². The molecule has 136 valence electrons. The third-order valence-corrected chi connectivity index (χ3v) is 4.03. The van der Waals surface area contributed by atoms with Crippen molar-refractivity contribution in [2.75, 3.05) is 20.4 Å². The standard InChI is InChI=1S/C18H15ClFNO5/c1-21(8-11-2-4-13(20)5-3-11)16(22)9-24-18(23)12-6-14(19)17-15(7-12)25-10-26-17/h2-7H,8-10H2,1H3. The van der Waals surface area contributed by atoms with Gasteiger partial charge in [0.1, 0.15) is 5.82 Å². The van der Waals surface area contributed by atoms with Crippen LogP contribution in [0.3, 0.4) is 0 Å². The molecule has 0 spiro atoms. The minimum Gasteiger partial charge on any atom is -0.454 e. The second-order valence-electron chi connectivity index (χ2n) is 5.64. The highest BCUT2D eigenvalue weighted by atomic mass is 35.5. The second kappa shape index (κ2) is 7.61. The van der Waals surface area contributed by atoms with Crippen molar-refractivity contribution in [1.29, 1.82) is 0 Å². The summed E-state index contributed by atoms with van der Waals surface area (Å²) in [5.74, 6) is -0.718.